The van der Waals surface area contributed by atoms with E-state index < -0.39 is 42.2 Å². The molecule has 1 heterocycles. The van der Waals surface area contributed by atoms with Crippen molar-refractivity contribution in [3.8, 4) is 34.1 Å². The van der Waals surface area contributed by atoms with Gasteiger partial charge in [-0.15, -0.1) is 0 Å². The number of fused-ring (bicyclic) bond motifs is 3. The highest BCUT2D eigenvalue weighted by Crippen LogP contribution is 2.50. The summed E-state index contributed by atoms with van der Waals surface area (Å²) in [5.41, 5.74) is 11.2. The Morgan fingerprint density at radius 2 is 1.42 bits per heavy atom. The van der Waals surface area contributed by atoms with Gasteiger partial charge in [0, 0.05) is 62.5 Å². The van der Waals surface area contributed by atoms with Gasteiger partial charge in [0.2, 0.25) is 40.7 Å². The molecule has 9 N–H and O–H groups in total. The molecule has 0 saturated carbocycles. The molecule has 0 spiro atoms. The lowest BCUT2D eigenvalue weighted by Crippen LogP contribution is -2.54. The zero-order valence-electron chi connectivity index (χ0n) is 46.6. The number of amides is 7. The highest BCUT2D eigenvalue weighted by molar-refractivity contribution is 5.98. The van der Waals surface area contributed by atoms with Gasteiger partial charge < -0.3 is 56.4 Å². The average molecular weight is 1100 g/mol. The summed E-state index contributed by atoms with van der Waals surface area (Å²) in [6.07, 6.45) is 4.38. The molecular weight excluding hydrogens is 1020 g/mol. The lowest BCUT2D eigenvalue weighted by molar-refractivity contribution is -0.135. The molecule has 5 rings (SSSR count). The number of Topliss-reactive ketones (excluding diaryl/α,β-unsaturated/α-hetero) is 1. The first kappa shape index (κ1) is 62.5. The molecule has 2 aliphatic rings. The fraction of sp³-hybridized carbons (Fsp3) is 0.544. The summed E-state index contributed by atoms with van der Waals surface area (Å²) in [5.74, 6) is -0.735. The molecule has 79 heavy (non-hydrogen) atoms. The van der Waals surface area contributed by atoms with Crippen molar-refractivity contribution in [1.82, 2.24) is 31.6 Å². The number of ether oxygens (including phenoxy) is 4. The second-order valence-electron chi connectivity index (χ2n) is 20.1. The second-order valence-corrected chi connectivity index (χ2v) is 20.1. The first-order valence-electron chi connectivity index (χ1n) is 27.1. The van der Waals surface area contributed by atoms with Gasteiger partial charge in [-0.3, -0.25) is 43.3 Å². The number of unbranched alkanes of at least 4 members (excludes halogenated alkanes) is 1. The van der Waals surface area contributed by atoms with Gasteiger partial charge in [-0.25, -0.2) is 10.3 Å². The minimum atomic E-state index is -1.06. The molecule has 1 aliphatic heterocycles. The number of nitrogens with zero attached hydrogens (tertiary/aromatic N) is 1. The van der Waals surface area contributed by atoms with E-state index in [2.05, 4.69) is 32.1 Å². The summed E-state index contributed by atoms with van der Waals surface area (Å²) in [6, 6.07) is 10.1. The fourth-order valence-corrected chi connectivity index (χ4v) is 9.88. The van der Waals surface area contributed by atoms with Crippen molar-refractivity contribution in [3.63, 3.8) is 0 Å². The molecule has 0 aromatic heterocycles. The maximum absolute atomic E-state index is 13.7. The lowest BCUT2D eigenvalue weighted by atomic mass is 9.91. The van der Waals surface area contributed by atoms with Gasteiger partial charge in [-0.1, -0.05) is 39.0 Å². The summed E-state index contributed by atoms with van der Waals surface area (Å²) in [6.45, 7) is 6.77. The predicted octanol–water partition coefficient (Wildman–Crippen LogP) is 4.85. The number of aryl methyl sites for hydroxylation is 1. The van der Waals surface area contributed by atoms with Gasteiger partial charge in [0.05, 0.1) is 41.1 Å². The van der Waals surface area contributed by atoms with Crippen molar-refractivity contribution in [2.45, 2.75) is 142 Å². The summed E-state index contributed by atoms with van der Waals surface area (Å²) >= 11 is 0. The summed E-state index contributed by atoms with van der Waals surface area (Å²) in [7, 11) is 6.00. The molecular formula is C57H80N8O14. The highest BCUT2D eigenvalue weighted by Gasteiger charge is 2.32. The maximum Gasteiger partial charge on any atom is 0.312 e. The summed E-state index contributed by atoms with van der Waals surface area (Å²) < 4.78 is 22.5. The van der Waals surface area contributed by atoms with Crippen molar-refractivity contribution in [2.75, 3.05) is 53.4 Å². The third-order valence-corrected chi connectivity index (χ3v) is 14.2. The lowest BCUT2D eigenvalue weighted by Gasteiger charge is -2.34. The topological polar surface area (TPSA) is 304 Å². The number of anilines is 1. The van der Waals surface area contributed by atoms with Gasteiger partial charge in [-0.05, 0) is 123 Å². The second kappa shape index (κ2) is 31.3. The molecule has 1 saturated heterocycles. The van der Waals surface area contributed by atoms with Gasteiger partial charge in [0.1, 0.15) is 24.1 Å². The number of carbonyl (C=O) groups excluding carboxylic acids is 7. The van der Waals surface area contributed by atoms with E-state index >= 15 is 0 Å². The highest BCUT2D eigenvalue weighted by atomic mass is 16.6. The molecule has 3 aromatic carbocycles. The van der Waals surface area contributed by atoms with Gasteiger partial charge in [0.25, 0.3) is 0 Å². The molecule has 3 aromatic rings. The predicted molar refractivity (Wildman–Crippen MR) is 295 cm³/mol. The third kappa shape index (κ3) is 18.4. The van der Waals surface area contributed by atoms with E-state index in [1.54, 1.807) is 50.2 Å². The van der Waals surface area contributed by atoms with Crippen molar-refractivity contribution >= 4 is 47.0 Å². The summed E-state index contributed by atoms with van der Waals surface area (Å²) in [5, 5.41) is 24.7. The van der Waals surface area contributed by atoms with Crippen molar-refractivity contribution < 1.29 is 62.5 Å². The van der Waals surface area contributed by atoms with Crippen LogP contribution in [0.5, 0.6) is 23.0 Å². The van der Waals surface area contributed by atoms with E-state index in [-0.39, 0.29) is 85.4 Å². The number of methoxy groups -OCH3 is 4. The Balaban J connectivity index is 1.07. The number of hydrogen-bond donors (Lipinski definition) is 8. The van der Waals surface area contributed by atoms with Crippen LogP contribution in [0.2, 0.25) is 0 Å². The number of piperidine rings is 1. The number of urea groups is 1. The normalized spacial score (nSPS) is 15.4. The molecule has 4 atom stereocenters. The molecule has 22 nitrogen and oxygen atoms in total. The van der Waals surface area contributed by atoms with Crippen LogP contribution < -0.4 is 62.2 Å². The van der Waals surface area contributed by atoms with Crippen LogP contribution in [0.4, 0.5) is 10.5 Å². The zero-order valence-corrected chi connectivity index (χ0v) is 46.6. The number of nitrogens with two attached hydrogens (primary N) is 1. The van der Waals surface area contributed by atoms with Gasteiger partial charge in [0.15, 0.2) is 17.2 Å². The minimum absolute atomic E-state index is 0.00477. The van der Waals surface area contributed by atoms with E-state index in [4.69, 9.17) is 29.5 Å². The van der Waals surface area contributed by atoms with Crippen molar-refractivity contribution in [2.24, 2.45) is 17.6 Å². The number of aliphatic hydroxyl groups excluding tert-OH is 1. The number of carbonyl (C=O) groups is 7. The standard InChI is InChI=1S/C57H80N8O14/c1-8-43(66)36-26-29-65(30-27-36)50(71)17-11-16-48(69)63-52(34(2)3)56(73)62-42(13-12-28-59-57(58)74)55(72)60-38-21-18-35(19-22-38)33-79-64-49(70)15-10-9-14-47(68)61-41-24-20-37-31-46(76-5)53(77-6)54(78-7)51(37)39-23-25-45(75-4)44(67)32-40(39)41/h18-19,21-23,25,31-32,34,36,41-42,50,52,71H,8-17,20,24,26-30,33H2,1-7H3,(H,60,72)(H,61,68)(H,62,73)(H,63,69)(H,64,70)(H3,58,59,74). The van der Waals surface area contributed by atoms with Crippen molar-refractivity contribution in [1.29, 1.82) is 0 Å². The van der Waals surface area contributed by atoms with E-state index in [1.165, 1.54) is 34.5 Å². The first-order valence-corrected chi connectivity index (χ1v) is 27.1. The van der Waals surface area contributed by atoms with Crippen LogP contribution in [0, 0.1) is 11.8 Å². The SMILES string of the molecule is CCC(=O)C1CCN(C(O)CCCC(=O)NC(C(=O)NC(CCCNC(N)=O)C(=O)Nc2ccc(CONC(=O)CCCCC(=O)NC3CCc4cc(OC)c(OC)c(OC)c4-c4ccc(OC)c(=O)cc43)cc2)C(C)C)CC1. The van der Waals surface area contributed by atoms with Crippen LogP contribution in [-0.4, -0.2) is 118 Å². The number of primary amides is 1. The monoisotopic (exact) mass is 1100 g/mol. The molecule has 1 aliphatic carbocycles. The molecule has 7 amide bonds. The van der Waals surface area contributed by atoms with E-state index in [0.717, 1.165) is 11.1 Å². The number of nitrogens with one attached hydrogen (secondary N) is 6. The molecule has 1 fully saturated rings. The minimum Gasteiger partial charge on any atom is -0.493 e. The largest absolute Gasteiger partial charge is 0.493 e. The zero-order chi connectivity index (χ0) is 57.6. The van der Waals surface area contributed by atoms with Crippen LogP contribution in [-0.2, 0) is 46.6 Å². The maximum atomic E-state index is 13.7. The van der Waals surface area contributed by atoms with Gasteiger partial charge >= 0.3 is 6.03 Å². The molecule has 0 radical (unpaired) electrons. The fourth-order valence-electron chi connectivity index (χ4n) is 9.88. The Morgan fingerprint density at radius 1 is 0.747 bits per heavy atom. The molecule has 432 valence electrons. The Labute approximate surface area is 461 Å². The third-order valence-electron chi connectivity index (χ3n) is 14.2. The van der Waals surface area contributed by atoms with Gasteiger partial charge in [-0.2, -0.15) is 0 Å². The Kier molecular flexibility index (Phi) is 24.8. The average Bonchev–Trinajstić information content (AvgIpc) is 3.73. The smallest absolute Gasteiger partial charge is 0.312 e. The number of likely N-dealkylation sites (tertiary alicyclic amines) is 1. The van der Waals surface area contributed by atoms with E-state index in [1.807, 2.05) is 17.9 Å². The van der Waals surface area contributed by atoms with Crippen LogP contribution >= 0.6 is 0 Å². The first-order chi connectivity index (χ1) is 37.9. The number of ketones is 1. The number of hydrogen-bond acceptors (Lipinski definition) is 15. The van der Waals surface area contributed by atoms with Crippen LogP contribution in [0.1, 0.15) is 127 Å². The summed E-state index contributed by atoms with van der Waals surface area (Å²) in [4.78, 5) is 111. The molecule has 22 heteroatoms. The van der Waals surface area contributed by atoms with Crippen LogP contribution in [0.15, 0.2) is 53.3 Å². The number of rotatable bonds is 30. The Morgan fingerprint density at radius 3 is 2.05 bits per heavy atom. The van der Waals surface area contributed by atoms with E-state index in [0.29, 0.717) is 117 Å². The van der Waals surface area contributed by atoms with E-state index in [9.17, 15) is 43.5 Å². The number of hydroxylamine groups is 1. The van der Waals surface area contributed by atoms with Crippen LogP contribution in [0.25, 0.3) is 11.1 Å². The molecule has 4 unspecified atom stereocenters. The molecule has 0 bridgehead atoms. The number of aliphatic hydroxyl groups is 1. The van der Waals surface area contributed by atoms with Crippen LogP contribution in [0.3, 0.4) is 0 Å². The Hall–Kier alpha value is -7.30. The quantitative estimate of drug-likeness (QED) is 0.0327. The Bertz CT molecular complexity index is 2640. The number of benzene rings is 2. The van der Waals surface area contributed by atoms with Crippen molar-refractivity contribution in [3.05, 3.63) is 75.4 Å².